The van der Waals surface area contributed by atoms with Crippen LogP contribution in [0.1, 0.15) is 26.2 Å². The van der Waals surface area contributed by atoms with E-state index >= 15 is 0 Å². The van der Waals surface area contributed by atoms with E-state index in [1.165, 1.54) is 12.4 Å². The summed E-state index contributed by atoms with van der Waals surface area (Å²) in [5.74, 6) is -0.0712. The third-order valence-electron chi connectivity index (χ3n) is 1.73. The molecule has 1 aromatic heterocycles. The summed E-state index contributed by atoms with van der Waals surface area (Å²) in [4.78, 5) is 11.7. The molecule has 1 amide bonds. The van der Waals surface area contributed by atoms with E-state index in [2.05, 4.69) is 10.4 Å². The fourth-order valence-electron chi connectivity index (χ4n) is 1.01. The normalized spacial score (nSPS) is 9.79. The molecule has 1 N–H and O–H groups in total. The number of hydrogen-bond donors (Lipinski definition) is 1. The van der Waals surface area contributed by atoms with Gasteiger partial charge < -0.3 is 10.5 Å². The standard InChI is InChI=1S/C9H13N3O2/c1-2-3-4-9(13)11-8-5-6-10-12(14)7-8/h5-7H,2-4H2,1H3,(H,11,13). The predicted molar refractivity (Wildman–Crippen MR) is 51.4 cm³/mol. The van der Waals surface area contributed by atoms with Gasteiger partial charge >= 0.3 is 0 Å². The zero-order chi connectivity index (χ0) is 10.4. The van der Waals surface area contributed by atoms with Crippen LogP contribution in [0.5, 0.6) is 0 Å². The first-order valence-electron chi connectivity index (χ1n) is 4.57. The van der Waals surface area contributed by atoms with E-state index in [1.807, 2.05) is 6.92 Å². The minimum absolute atomic E-state index is 0.0712. The number of carbonyl (C=O) groups is 1. The zero-order valence-corrected chi connectivity index (χ0v) is 8.06. The summed E-state index contributed by atoms with van der Waals surface area (Å²) >= 11 is 0. The molecule has 0 aliphatic heterocycles. The Bertz CT molecular complexity index is 315. The average molecular weight is 195 g/mol. The van der Waals surface area contributed by atoms with Crippen LogP contribution >= 0.6 is 0 Å². The van der Waals surface area contributed by atoms with E-state index in [4.69, 9.17) is 0 Å². The first kappa shape index (κ1) is 10.4. The lowest BCUT2D eigenvalue weighted by molar-refractivity contribution is -0.668. The second-order valence-corrected chi connectivity index (χ2v) is 2.97. The molecule has 0 aromatic carbocycles. The number of aromatic nitrogens is 2. The molecule has 0 unspecified atom stereocenters. The molecule has 0 aliphatic carbocycles. The van der Waals surface area contributed by atoms with Crippen LogP contribution in [0.2, 0.25) is 0 Å². The minimum Gasteiger partial charge on any atom is -0.594 e. The zero-order valence-electron chi connectivity index (χ0n) is 8.06. The summed E-state index contributed by atoms with van der Waals surface area (Å²) in [6, 6.07) is 1.58. The molecule has 0 fully saturated rings. The van der Waals surface area contributed by atoms with Gasteiger partial charge in [-0.2, -0.15) is 0 Å². The molecule has 1 rings (SSSR count). The van der Waals surface area contributed by atoms with Gasteiger partial charge in [0.15, 0.2) is 0 Å². The van der Waals surface area contributed by atoms with Crippen molar-refractivity contribution in [3.63, 3.8) is 0 Å². The number of amides is 1. The van der Waals surface area contributed by atoms with E-state index in [9.17, 15) is 10.0 Å². The molecule has 14 heavy (non-hydrogen) atoms. The molecule has 0 aliphatic rings. The van der Waals surface area contributed by atoms with Crippen molar-refractivity contribution < 1.29 is 9.64 Å². The molecule has 76 valence electrons. The molecule has 5 heteroatoms. The Balaban J connectivity index is 2.47. The SMILES string of the molecule is CCCCC(=O)Nc1ccn[n+]([O-])c1. The van der Waals surface area contributed by atoms with E-state index in [1.54, 1.807) is 6.07 Å². The number of rotatable bonds is 4. The molecular weight excluding hydrogens is 182 g/mol. The Hall–Kier alpha value is -1.65. The van der Waals surface area contributed by atoms with Crippen molar-refractivity contribution in [3.05, 3.63) is 23.7 Å². The van der Waals surface area contributed by atoms with Gasteiger partial charge in [-0.3, -0.25) is 4.79 Å². The van der Waals surface area contributed by atoms with Crippen LogP contribution in [-0.4, -0.2) is 11.0 Å². The molecule has 1 aromatic rings. The summed E-state index contributed by atoms with van der Waals surface area (Å²) in [5.41, 5.74) is 0.483. The highest BCUT2D eigenvalue weighted by Gasteiger charge is 2.03. The topological polar surface area (TPSA) is 68.9 Å². The van der Waals surface area contributed by atoms with E-state index < -0.39 is 0 Å². The molecule has 1 heterocycles. The van der Waals surface area contributed by atoms with Crippen molar-refractivity contribution in [2.24, 2.45) is 0 Å². The lowest BCUT2D eigenvalue weighted by atomic mass is 10.2. The van der Waals surface area contributed by atoms with Crippen molar-refractivity contribution in [1.82, 2.24) is 5.10 Å². The number of nitrogens with one attached hydrogen (secondary N) is 1. The Morgan fingerprint density at radius 2 is 2.50 bits per heavy atom. The monoisotopic (exact) mass is 195 g/mol. The highest BCUT2D eigenvalue weighted by atomic mass is 16.5. The van der Waals surface area contributed by atoms with Crippen LogP contribution in [0.3, 0.4) is 0 Å². The Kier molecular flexibility index (Phi) is 3.84. The largest absolute Gasteiger partial charge is 0.594 e. The van der Waals surface area contributed by atoms with E-state index in [-0.39, 0.29) is 5.91 Å². The van der Waals surface area contributed by atoms with E-state index in [0.29, 0.717) is 17.0 Å². The van der Waals surface area contributed by atoms with Gasteiger partial charge in [0.2, 0.25) is 12.1 Å². The first-order valence-corrected chi connectivity index (χ1v) is 4.57. The second-order valence-electron chi connectivity index (χ2n) is 2.97. The average Bonchev–Trinajstić information content (AvgIpc) is 2.15. The van der Waals surface area contributed by atoms with Gasteiger partial charge in [-0.15, -0.1) is 0 Å². The quantitative estimate of drug-likeness (QED) is 0.571. The van der Waals surface area contributed by atoms with Gasteiger partial charge in [0.1, 0.15) is 5.69 Å². The molecule has 0 saturated carbocycles. The van der Waals surface area contributed by atoms with Crippen LogP contribution < -0.4 is 10.2 Å². The maximum Gasteiger partial charge on any atom is 0.233 e. The van der Waals surface area contributed by atoms with Crippen LogP contribution in [0.15, 0.2) is 18.5 Å². The van der Waals surface area contributed by atoms with Gasteiger partial charge in [-0.05, 0) is 12.5 Å². The lowest BCUT2D eigenvalue weighted by Crippen LogP contribution is -2.30. The first-order chi connectivity index (χ1) is 6.72. The van der Waals surface area contributed by atoms with Crippen LogP contribution in [0.4, 0.5) is 5.69 Å². The second kappa shape index (κ2) is 5.16. The maximum atomic E-state index is 11.2. The summed E-state index contributed by atoms with van der Waals surface area (Å²) in [5, 5.41) is 16.8. The molecule has 0 atom stereocenters. The summed E-state index contributed by atoms with van der Waals surface area (Å²) in [6.07, 6.45) is 4.89. The molecular formula is C9H13N3O2. The van der Waals surface area contributed by atoms with Gasteiger partial charge in [0.25, 0.3) is 0 Å². The van der Waals surface area contributed by atoms with Gasteiger partial charge in [0, 0.05) is 11.5 Å². The molecule has 0 bridgehead atoms. The molecule has 0 radical (unpaired) electrons. The Morgan fingerprint density at radius 3 is 3.14 bits per heavy atom. The van der Waals surface area contributed by atoms with Gasteiger partial charge in [0.05, 0.1) is 6.20 Å². The van der Waals surface area contributed by atoms with E-state index in [0.717, 1.165) is 12.8 Å². The highest BCUT2D eigenvalue weighted by Crippen LogP contribution is 2.03. The van der Waals surface area contributed by atoms with Crippen LogP contribution in [0, 0.1) is 5.21 Å². The number of hydrogen-bond acceptors (Lipinski definition) is 3. The maximum absolute atomic E-state index is 11.2. The third-order valence-corrected chi connectivity index (χ3v) is 1.73. The smallest absolute Gasteiger partial charge is 0.233 e. The number of nitrogens with zero attached hydrogens (tertiary/aromatic N) is 2. The Labute approximate surface area is 82.3 Å². The fraction of sp³-hybridized carbons (Fsp3) is 0.444. The van der Waals surface area contributed by atoms with Crippen LogP contribution in [0.25, 0.3) is 0 Å². The van der Waals surface area contributed by atoms with Crippen molar-refractivity contribution in [2.75, 3.05) is 5.32 Å². The fourth-order valence-corrected chi connectivity index (χ4v) is 1.01. The summed E-state index contributed by atoms with van der Waals surface area (Å²) in [6.45, 7) is 2.02. The Morgan fingerprint density at radius 1 is 1.71 bits per heavy atom. The van der Waals surface area contributed by atoms with Crippen molar-refractivity contribution in [3.8, 4) is 0 Å². The number of unbranched alkanes of at least 4 members (excludes halogenated alkanes) is 1. The van der Waals surface area contributed by atoms with Gasteiger partial charge in [-0.25, -0.2) is 0 Å². The molecule has 0 saturated heterocycles. The predicted octanol–water partition coefficient (Wildman–Crippen LogP) is 0.844. The summed E-state index contributed by atoms with van der Waals surface area (Å²) in [7, 11) is 0. The molecule has 5 nitrogen and oxygen atoms in total. The number of anilines is 1. The van der Waals surface area contributed by atoms with Crippen molar-refractivity contribution in [1.29, 1.82) is 0 Å². The third kappa shape index (κ3) is 3.38. The van der Waals surface area contributed by atoms with Gasteiger partial charge in [-0.1, -0.05) is 18.2 Å². The van der Waals surface area contributed by atoms with Crippen molar-refractivity contribution in [2.45, 2.75) is 26.2 Å². The minimum atomic E-state index is -0.0712. The van der Waals surface area contributed by atoms with Crippen molar-refractivity contribution >= 4 is 11.6 Å². The van der Waals surface area contributed by atoms with Crippen LogP contribution in [-0.2, 0) is 4.79 Å². The number of carbonyl (C=O) groups excluding carboxylic acids is 1. The molecule has 0 spiro atoms. The highest BCUT2D eigenvalue weighted by molar-refractivity contribution is 5.90. The summed E-state index contributed by atoms with van der Waals surface area (Å²) < 4.78 is 0. The lowest BCUT2D eigenvalue weighted by Gasteiger charge is -2.02.